The van der Waals surface area contributed by atoms with Gasteiger partial charge in [-0.3, -0.25) is 14.5 Å². The second-order valence-electron chi connectivity index (χ2n) is 8.57. The fraction of sp³-hybridized carbons (Fsp3) is 0.143. The van der Waals surface area contributed by atoms with Crippen molar-refractivity contribution in [2.24, 2.45) is 0 Å². The molecule has 38 heavy (non-hydrogen) atoms. The van der Waals surface area contributed by atoms with Gasteiger partial charge in [-0.15, -0.1) is 10.2 Å². The number of rotatable bonds is 7. The summed E-state index contributed by atoms with van der Waals surface area (Å²) in [6, 6.07) is 21.3. The average molecular weight is 609 g/mol. The number of benzene rings is 3. The Balaban J connectivity index is 1.52. The molecule has 1 unspecified atom stereocenters. The van der Waals surface area contributed by atoms with Crippen molar-refractivity contribution < 1.29 is 19.4 Å². The van der Waals surface area contributed by atoms with Gasteiger partial charge in [-0.05, 0) is 54.4 Å². The van der Waals surface area contributed by atoms with E-state index in [2.05, 4.69) is 50.4 Å². The van der Waals surface area contributed by atoms with E-state index in [0.717, 1.165) is 10.0 Å². The van der Waals surface area contributed by atoms with Crippen LogP contribution in [0.1, 0.15) is 28.3 Å². The summed E-state index contributed by atoms with van der Waals surface area (Å²) in [5.41, 5.74) is 3.39. The first-order valence-corrected chi connectivity index (χ1v) is 14.2. The number of methoxy groups -OCH3 is 1. The Morgan fingerprint density at radius 3 is 2.37 bits per heavy atom. The number of halogens is 1. The Morgan fingerprint density at radius 2 is 1.71 bits per heavy atom. The van der Waals surface area contributed by atoms with Gasteiger partial charge in [0.1, 0.15) is 11.5 Å². The third-order valence-corrected chi connectivity index (χ3v) is 8.73. The molecule has 0 saturated carbocycles. The number of carbonyl (C=O) groups excluding carboxylic acids is 2. The number of hydrogen-bond acceptors (Lipinski definition) is 8. The molecule has 1 atom stereocenters. The number of aliphatic hydroxyl groups excluding tert-OH is 1. The molecule has 1 aliphatic rings. The molecule has 1 amide bonds. The summed E-state index contributed by atoms with van der Waals surface area (Å²) in [6.45, 7) is 2.04. The summed E-state index contributed by atoms with van der Waals surface area (Å²) in [4.78, 5) is 28.0. The number of carbonyl (C=O) groups is 2. The number of aliphatic hydroxyl groups is 1. The molecular formula is C28H22BrN3O4S2. The molecular weight excluding hydrogens is 586 g/mol. The quantitative estimate of drug-likeness (QED) is 0.0838. The summed E-state index contributed by atoms with van der Waals surface area (Å²) in [5.74, 6) is -0.508. The third kappa shape index (κ3) is 5.24. The molecule has 1 N–H and O–H groups in total. The van der Waals surface area contributed by atoms with Crippen LogP contribution in [0.25, 0.3) is 5.76 Å². The number of ketones is 1. The van der Waals surface area contributed by atoms with Crippen LogP contribution in [0, 0.1) is 6.92 Å². The van der Waals surface area contributed by atoms with E-state index in [-0.39, 0.29) is 11.3 Å². The highest BCUT2D eigenvalue weighted by molar-refractivity contribution is 9.10. The molecule has 10 heteroatoms. The molecule has 1 aromatic heterocycles. The summed E-state index contributed by atoms with van der Waals surface area (Å²) < 4.78 is 6.72. The van der Waals surface area contributed by atoms with Crippen molar-refractivity contribution in [1.29, 1.82) is 0 Å². The first-order valence-electron chi connectivity index (χ1n) is 11.6. The Bertz CT molecular complexity index is 1520. The van der Waals surface area contributed by atoms with Gasteiger partial charge in [-0.2, -0.15) is 0 Å². The van der Waals surface area contributed by atoms with Gasteiger partial charge >= 0.3 is 5.91 Å². The average Bonchev–Trinajstić information content (AvgIpc) is 3.50. The van der Waals surface area contributed by atoms with E-state index in [4.69, 9.17) is 4.74 Å². The van der Waals surface area contributed by atoms with Crippen molar-refractivity contribution in [2.45, 2.75) is 23.1 Å². The summed E-state index contributed by atoms with van der Waals surface area (Å²) in [6.07, 6.45) is 0. The van der Waals surface area contributed by atoms with Crippen LogP contribution < -0.4 is 9.64 Å². The number of aryl methyl sites for hydroxylation is 1. The van der Waals surface area contributed by atoms with E-state index in [9.17, 15) is 14.7 Å². The van der Waals surface area contributed by atoms with Crippen LogP contribution in [0.2, 0.25) is 0 Å². The number of thioether (sulfide) groups is 1. The zero-order valence-corrected chi connectivity index (χ0v) is 23.6. The lowest BCUT2D eigenvalue weighted by atomic mass is 9.95. The molecule has 0 radical (unpaired) electrons. The largest absolute Gasteiger partial charge is 0.507 e. The zero-order valence-electron chi connectivity index (χ0n) is 20.4. The molecule has 7 nitrogen and oxygen atoms in total. The lowest BCUT2D eigenvalue weighted by molar-refractivity contribution is -0.132. The first kappa shape index (κ1) is 26.1. The van der Waals surface area contributed by atoms with E-state index in [1.807, 2.05) is 31.2 Å². The van der Waals surface area contributed by atoms with Gasteiger partial charge in [0.25, 0.3) is 5.78 Å². The lowest BCUT2D eigenvalue weighted by Crippen LogP contribution is -2.29. The highest BCUT2D eigenvalue weighted by Gasteiger charge is 2.48. The molecule has 5 rings (SSSR count). The Hall–Kier alpha value is -3.47. The van der Waals surface area contributed by atoms with Crippen LogP contribution in [0.3, 0.4) is 0 Å². The number of Topliss-reactive ketones (excluding diaryl/α,β-unsaturated/α-hetero) is 1. The van der Waals surface area contributed by atoms with Gasteiger partial charge in [0.2, 0.25) is 5.13 Å². The van der Waals surface area contributed by atoms with Gasteiger partial charge in [0, 0.05) is 15.8 Å². The molecule has 1 aliphatic heterocycles. The molecule has 0 aliphatic carbocycles. The Labute approximate surface area is 236 Å². The maximum Gasteiger partial charge on any atom is 0.301 e. The highest BCUT2D eigenvalue weighted by atomic mass is 79.9. The van der Waals surface area contributed by atoms with Gasteiger partial charge in [-0.25, -0.2) is 0 Å². The second kappa shape index (κ2) is 11.1. The summed E-state index contributed by atoms with van der Waals surface area (Å²) in [5, 5.41) is 20.1. The maximum atomic E-state index is 13.4. The number of aromatic nitrogens is 2. The van der Waals surface area contributed by atoms with Gasteiger partial charge in [-0.1, -0.05) is 81.0 Å². The predicted molar refractivity (Wildman–Crippen MR) is 153 cm³/mol. The maximum absolute atomic E-state index is 13.4. The summed E-state index contributed by atoms with van der Waals surface area (Å²) >= 11 is 6.18. The van der Waals surface area contributed by atoms with Gasteiger partial charge in [0.15, 0.2) is 4.34 Å². The number of hydrogen-bond donors (Lipinski definition) is 1. The van der Waals surface area contributed by atoms with Crippen molar-refractivity contribution in [3.05, 3.63) is 105 Å². The standard InChI is InChI=1S/C28H22BrN3O4S2/c1-16-3-5-17(6-4-16)15-37-28-31-30-27(38-28)32-23(18-7-11-20(29)12-8-18)22(25(34)26(32)35)24(33)19-9-13-21(36-2)14-10-19/h3-14,23,33H,15H2,1-2H3/b24-22-. The lowest BCUT2D eigenvalue weighted by Gasteiger charge is -2.22. The molecule has 3 aromatic carbocycles. The van der Waals surface area contributed by atoms with Gasteiger partial charge < -0.3 is 9.84 Å². The van der Waals surface area contributed by atoms with E-state index in [0.29, 0.717) is 32.1 Å². The van der Waals surface area contributed by atoms with Crippen LogP contribution in [0.15, 0.2) is 87.2 Å². The van der Waals surface area contributed by atoms with Crippen molar-refractivity contribution in [3.63, 3.8) is 0 Å². The second-order valence-corrected chi connectivity index (χ2v) is 11.7. The van der Waals surface area contributed by atoms with Crippen molar-refractivity contribution in [1.82, 2.24) is 10.2 Å². The minimum absolute atomic E-state index is 0.00783. The Morgan fingerprint density at radius 1 is 1.03 bits per heavy atom. The number of nitrogens with zero attached hydrogens (tertiary/aromatic N) is 3. The number of anilines is 1. The molecule has 1 saturated heterocycles. The van der Waals surface area contributed by atoms with Crippen LogP contribution in [0.4, 0.5) is 5.13 Å². The summed E-state index contributed by atoms with van der Waals surface area (Å²) in [7, 11) is 1.54. The smallest absolute Gasteiger partial charge is 0.301 e. The van der Waals surface area contributed by atoms with Crippen molar-refractivity contribution >= 4 is 61.6 Å². The minimum Gasteiger partial charge on any atom is -0.507 e. The molecule has 0 bridgehead atoms. The molecule has 4 aromatic rings. The van der Waals surface area contributed by atoms with E-state index in [1.165, 1.54) is 33.6 Å². The fourth-order valence-electron chi connectivity index (χ4n) is 4.08. The Kier molecular flexibility index (Phi) is 7.64. The van der Waals surface area contributed by atoms with Crippen molar-refractivity contribution in [3.8, 4) is 5.75 Å². The van der Waals surface area contributed by atoms with E-state index >= 15 is 0 Å². The topological polar surface area (TPSA) is 92.6 Å². The van der Waals surface area contributed by atoms with E-state index < -0.39 is 17.7 Å². The van der Waals surface area contributed by atoms with Gasteiger partial charge in [0.05, 0.1) is 18.7 Å². The van der Waals surface area contributed by atoms with Crippen molar-refractivity contribution in [2.75, 3.05) is 12.0 Å². The third-order valence-electron chi connectivity index (χ3n) is 6.08. The van der Waals surface area contributed by atoms with Crippen LogP contribution in [-0.4, -0.2) is 34.1 Å². The predicted octanol–water partition coefficient (Wildman–Crippen LogP) is 6.54. The highest BCUT2D eigenvalue weighted by Crippen LogP contribution is 2.44. The number of amides is 1. The SMILES string of the molecule is COc1ccc(/C(O)=C2/C(=O)C(=O)N(c3nnc(SCc4ccc(C)cc4)s3)C2c2ccc(Br)cc2)cc1. The first-order chi connectivity index (χ1) is 18.4. The molecule has 1 fully saturated rings. The monoisotopic (exact) mass is 607 g/mol. The normalized spacial score (nSPS) is 16.7. The van der Waals surface area contributed by atoms with Crippen LogP contribution >= 0.6 is 39.0 Å². The zero-order chi connectivity index (χ0) is 26.8. The fourth-order valence-corrected chi connectivity index (χ4v) is 6.17. The van der Waals surface area contributed by atoms with E-state index in [1.54, 1.807) is 31.4 Å². The molecule has 2 heterocycles. The minimum atomic E-state index is -0.867. The van der Waals surface area contributed by atoms with Crippen LogP contribution in [0.5, 0.6) is 5.75 Å². The number of ether oxygens (including phenoxy) is 1. The molecule has 0 spiro atoms. The molecule has 192 valence electrons. The van der Waals surface area contributed by atoms with Crippen LogP contribution in [-0.2, 0) is 15.3 Å².